The molecule has 1 aliphatic heterocycles. The van der Waals surface area contributed by atoms with Crippen molar-refractivity contribution in [2.75, 3.05) is 6.61 Å². The highest BCUT2D eigenvalue weighted by atomic mass is 32.1. The van der Waals surface area contributed by atoms with Crippen LogP contribution in [0.2, 0.25) is 0 Å². The van der Waals surface area contributed by atoms with Crippen LogP contribution in [0, 0.1) is 5.82 Å². The average Bonchev–Trinajstić information content (AvgIpc) is 3.26. The van der Waals surface area contributed by atoms with Gasteiger partial charge in [0, 0.05) is 0 Å². The van der Waals surface area contributed by atoms with Gasteiger partial charge in [-0.25, -0.2) is 19.0 Å². The summed E-state index contributed by atoms with van der Waals surface area (Å²) in [5.41, 5.74) is 2.55. The first-order valence-corrected chi connectivity index (χ1v) is 13.6. The number of carbonyl (C=O) groups excluding carboxylic acids is 1. The Balaban J connectivity index is 1.46. The van der Waals surface area contributed by atoms with Crippen LogP contribution in [0.15, 0.2) is 93.9 Å². The van der Waals surface area contributed by atoms with E-state index in [1.807, 2.05) is 0 Å². The fourth-order valence-electron chi connectivity index (χ4n) is 4.52. The Bertz CT molecular complexity index is 1840. The van der Waals surface area contributed by atoms with Crippen molar-refractivity contribution in [3.8, 4) is 5.75 Å². The fraction of sp³-hybridized carbons (Fsp3) is 0.161. The number of benzene rings is 3. The molecule has 5 rings (SSSR count). The maximum absolute atomic E-state index is 13.7. The molecule has 41 heavy (non-hydrogen) atoms. The molecule has 1 aliphatic rings. The number of aromatic carboxylic acids is 1. The minimum absolute atomic E-state index is 0.157. The topological polar surface area (TPSA) is 107 Å². The van der Waals surface area contributed by atoms with Crippen molar-refractivity contribution in [1.82, 2.24) is 4.57 Å². The highest BCUT2D eigenvalue weighted by Gasteiger charge is 2.33. The summed E-state index contributed by atoms with van der Waals surface area (Å²) < 4.78 is 26.6. The number of allylic oxidation sites excluding steroid dienone is 1. The monoisotopic (exact) mass is 572 g/mol. The smallest absolute Gasteiger partial charge is 0.338 e. The number of thiazole rings is 1. The highest BCUT2D eigenvalue weighted by molar-refractivity contribution is 7.07. The van der Waals surface area contributed by atoms with Gasteiger partial charge in [-0.1, -0.05) is 47.7 Å². The molecule has 3 aromatic carbocycles. The first-order valence-electron chi connectivity index (χ1n) is 12.8. The van der Waals surface area contributed by atoms with E-state index in [2.05, 4.69) is 4.99 Å². The van der Waals surface area contributed by atoms with E-state index in [0.717, 1.165) is 11.1 Å². The molecule has 10 heteroatoms. The zero-order chi connectivity index (χ0) is 29.1. The summed E-state index contributed by atoms with van der Waals surface area (Å²) >= 11 is 1.19. The van der Waals surface area contributed by atoms with E-state index in [1.54, 1.807) is 74.5 Å². The normalized spacial score (nSPS) is 14.8. The van der Waals surface area contributed by atoms with Gasteiger partial charge in [0.05, 0.1) is 34.0 Å². The lowest BCUT2D eigenvalue weighted by Crippen LogP contribution is -2.39. The number of carboxylic acids is 1. The summed E-state index contributed by atoms with van der Waals surface area (Å²) in [7, 11) is 0. The molecule has 0 amide bonds. The molecule has 0 bridgehead atoms. The number of aromatic nitrogens is 1. The number of ether oxygens (including phenoxy) is 2. The second kappa shape index (κ2) is 11.7. The van der Waals surface area contributed by atoms with E-state index < -0.39 is 23.8 Å². The van der Waals surface area contributed by atoms with E-state index in [9.17, 15) is 18.8 Å². The largest absolute Gasteiger partial charge is 0.489 e. The number of hydrogen-bond acceptors (Lipinski definition) is 7. The molecule has 1 aromatic heterocycles. The van der Waals surface area contributed by atoms with Crippen molar-refractivity contribution in [1.29, 1.82) is 0 Å². The second-order valence-electron chi connectivity index (χ2n) is 9.22. The zero-order valence-electron chi connectivity index (χ0n) is 22.2. The third-order valence-electron chi connectivity index (χ3n) is 6.46. The Kier molecular flexibility index (Phi) is 7.93. The lowest BCUT2D eigenvalue weighted by atomic mass is 9.96. The molecule has 0 fully saturated rings. The Labute approximate surface area is 238 Å². The molecule has 0 spiro atoms. The molecule has 0 saturated heterocycles. The quantitative estimate of drug-likeness (QED) is 0.317. The minimum Gasteiger partial charge on any atom is -0.489 e. The van der Waals surface area contributed by atoms with E-state index in [-0.39, 0.29) is 29.9 Å². The summed E-state index contributed by atoms with van der Waals surface area (Å²) in [6, 6.07) is 18.5. The van der Waals surface area contributed by atoms with Gasteiger partial charge >= 0.3 is 11.9 Å². The van der Waals surface area contributed by atoms with Crippen LogP contribution in [0.25, 0.3) is 6.08 Å². The van der Waals surface area contributed by atoms with Crippen LogP contribution in [-0.4, -0.2) is 28.2 Å². The average molecular weight is 573 g/mol. The van der Waals surface area contributed by atoms with Gasteiger partial charge in [-0.2, -0.15) is 0 Å². The van der Waals surface area contributed by atoms with Crippen LogP contribution in [0.1, 0.15) is 46.9 Å². The molecule has 1 N–H and O–H groups in total. The van der Waals surface area contributed by atoms with Gasteiger partial charge in [-0.15, -0.1) is 0 Å². The molecule has 1 atom stereocenters. The summed E-state index contributed by atoms with van der Waals surface area (Å²) in [6.45, 7) is 3.74. The number of nitrogens with zero attached hydrogens (tertiary/aromatic N) is 2. The zero-order valence-corrected chi connectivity index (χ0v) is 23.0. The van der Waals surface area contributed by atoms with Crippen molar-refractivity contribution in [2.24, 2.45) is 4.99 Å². The molecule has 0 aliphatic carbocycles. The lowest BCUT2D eigenvalue weighted by molar-refractivity contribution is -0.139. The van der Waals surface area contributed by atoms with Crippen LogP contribution < -0.4 is 19.6 Å². The van der Waals surface area contributed by atoms with Crippen molar-refractivity contribution < 1.29 is 28.6 Å². The van der Waals surface area contributed by atoms with Crippen molar-refractivity contribution in [3.63, 3.8) is 0 Å². The van der Waals surface area contributed by atoms with Crippen molar-refractivity contribution in [3.05, 3.63) is 132 Å². The summed E-state index contributed by atoms with van der Waals surface area (Å²) in [5.74, 6) is -1.43. The third-order valence-corrected chi connectivity index (χ3v) is 7.44. The number of esters is 1. The minimum atomic E-state index is -1.00. The Morgan fingerprint density at radius 3 is 2.51 bits per heavy atom. The van der Waals surface area contributed by atoms with E-state index in [1.165, 1.54) is 34.1 Å². The molecule has 2 heterocycles. The maximum atomic E-state index is 13.7. The van der Waals surface area contributed by atoms with Gasteiger partial charge in [0.25, 0.3) is 5.56 Å². The fourth-order valence-corrected chi connectivity index (χ4v) is 5.57. The van der Waals surface area contributed by atoms with Crippen LogP contribution in [-0.2, 0) is 16.1 Å². The SMILES string of the molecule is CCOC(=O)C1=C(C)N=c2s/c(=C\c3ccc(OCc4cccc(C(=O)O)c4)cc3)c(=O)n2[C@H]1c1ccc(F)cc1. The Morgan fingerprint density at radius 2 is 1.83 bits per heavy atom. The van der Waals surface area contributed by atoms with Crippen LogP contribution in [0.4, 0.5) is 4.39 Å². The molecule has 0 radical (unpaired) electrons. The molecule has 0 saturated carbocycles. The molecule has 8 nitrogen and oxygen atoms in total. The Morgan fingerprint density at radius 1 is 1.10 bits per heavy atom. The summed E-state index contributed by atoms with van der Waals surface area (Å²) in [5, 5.41) is 9.16. The number of halogens is 1. The number of rotatable bonds is 8. The van der Waals surface area contributed by atoms with E-state index in [0.29, 0.717) is 26.3 Å². The van der Waals surface area contributed by atoms with Gasteiger partial charge in [0.15, 0.2) is 4.80 Å². The molecule has 208 valence electrons. The highest BCUT2D eigenvalue weighted by Crippen LogP contribution is 2.30. The predicted octanol–water partition coefficient (Wildman–Crippen LogP) is 4.21. The maximum Gasteiger partial charge on any atom is 0.338 e. The molecule has 0 unspecified atom stereocenters. The molecule has 4 aromatic rings. The van der Waals surface area contributed by atoms with Crippen LogP contribution in [0.5, 0.6) is 5.75 Å². The number of carboxylic acid groups (broad SMARTS) is 1. The number of hydrogen-bond donors (Lipinski definition) is 1. The summed E-state index contributed by atoms with van der Waals surface area (Å²) in [6.07, 6.45) is 1.73. The van der Waals surface area contributed by atoms with Gasteiger partial charge in [0.1, 0.15) is 18.2 Å². The van der Waals surface area contributed by atoms with Crippen molar-refractivity contribution >= 4 is 29.4 Å². The van der Waals surface area contributed by atoms with Gasteiger partial charge in [-0.3, -0.25) is 9.36 Å². The van der Waals surface area contributed by atoms with E-state index in [4.69, 9.17) is 14.6 Å². The third kappa shape index (κ3) is 5.87. The summed E-state index contributed by atoms with van der Waals surface area (Å²) in [4.78, 5) is 42.7. The number of carbonyl (C=O) groups is 2. The van der Waals surface area contributed by atoms with Crippen LogP contribution in [0.3, 0.4) is 0 Å². The van der Waals surface area contributed by atoms with Crippen molar-refractivity contribution in [2.45, 2.75) is 26.5 Å². The molecular formula is C31H25FN2O6S. The first kappa shape index (κ1) is 27.7. The second-order valence-corrected chi connectivity index (χ2v) is 10.2. The first-order chi connectivity index (χ1) is 19.7. The van der Waals surface area contributed by atoms with Gasteiger partial charge in [0.2, 0.25) is 0 Å². The predicted molar refractivity (Wildman–Crippen MR) is 151 cm³/mol. The number of fused-ring (bicyclic) bond motifs is 1. The lowest BCUT2D eigenvalue weighted by Gasteiger charge is -2.24. The Hall–Kier alpha value is -4.83. The van der Waals surface area contributed by atoms with Crippen LogP contribution >= 0.6 is 11.3 Å². The van der Waals surface area contributed by atoms with Gasteiger partial charge < -0.3 is 14.6 Å². The van der Waals surface area contributed by atoms with Gasteiger partial charge in [-0.05, 0) is 73.0 Å². The van der Waals surface area contributed by atoms with E-state index >= 15 is 0 Å². The molecular weight excluding hydrogens is 547 g/mol. The standard InChI is InChI=1S/C31H25FN2O6S/c1-3-39-30(38)26-18(2)33-31-34(27(26)21-9-11-23(32)12-10-21)28(35)25(41-31)16-19-7-13-24(14-8-19)40-17-20-5-4-6-22(15-20)29(36)37/h4-16,27H,3,17H2,1-2H3,(H,36,37)/b25-16-/t27-/m0/s1.